The summed E-state index contributed by atoms with van der Waals surface area (Å²) >= 11 is 0. The normalized spacial score (nSPS) is 21.3. The van der Waals surface area contributed by atoms with Crippen molar-refractivity contribution in [3.8, 4) is 0 Å². The molecule has 0 radical (unpaired) electrons. The van der Waals surface area contributed by atoms with Crippen LogP contribution in [0.4, 0.5) is 4.79 Å². The van der Waals surface area contributed by atoms with Gasteiger partial charge in [0.05, 0.1) is 13.2 Å². The van der Waals surface area contributed by atoms with E-state index in [1.54, 1.807) is 11.9 Å². The maximum absolute atomic E-state index is 11.5. The fraction of sp³-hybridized carbons (Fsp3) is 0.900. The van der Waals surface area contributed by atoms with Crippen LogP contribution >= 0.6 is 0 Å². The van der Waals surface area contributed by atoms with Crippen molar-refractivity contribution in [2.24, 2.45) is 5.92 Å². The molecule has 1 saturated heterocycles. The minimum absolute atomic E-state index is 0.0443. The highest BCUT2D eigenvalue weighted by Crippen LogP contribution is 2.10. The first-order valence-corrected chi connectivity index (χ1v) is 5.09. The second kappa shape index (κ2) is 5.20. The summed E-state index contributed by atoms with van der Waals surface area (Å²) < 4.78 is 10.4. The van der Waals surface area contributed by atoms with E-state index in [0.717, 1.165) is 13.0 Å². The van der Waals surface area contributed by atoms with Crippen LogP contribution in [-0.4, -0.2) is 43.9 Å². The second-order valence-electron chi connectivity index (χ2n) is 4.14. The molecule has 0 bridgehead atoms. The fourth-order valence-corrected chi connectivity index (χ4v) is 1.46. The third kappa shape index (κ3) is 3.54. The molecule has 1 fully saturated rings. The van der Waals surface area contributed by atoms with Gasteiger partial charge in [0.15, 0.2) is 0 Å². The van der Waals surface area contributed by atoms with Crippen LogP contribution in [0.5, 0.6) is 0 Å². The highest BCUT2D eigenvalue weighted by atomic mass is 16.6. The van der Waals surface area contributed by atoms with Crippen LogP contribution < -0.4 is 0 Å². The molecule has 1 atom stereocenters. The van der Waals surface area contributed by atoms with Crippen molar-refractivity contribution in [3.05, 3.63) is 0 Å². The lowest BCUT2D eigenvalue weighted by molar-refractivity contribution is 0.0579. The van der Waals surface area contributed by atoms with Crippen LogP contribution in [0.15, 0.2) is 0 Å². The largest absolute Gasteiger partial charge is 0.444 e. The van der Waals surface area contributed by atoms with Gasteiger partial charge < -0.3 is 14.4 Å². The number of hydrogen-bond acceptors (Lipinski definition) is 3. The minimum atomic E-state index is -0.241. The summed E-state index contributed by atoms with van der Waals surface area (Å²) in [4.78, 5) is 13.1. The first-order valence-electron chi connectivity index (χ1n) is 5.09. The Hall–Kier alpha value is -0.770. The quantitative estimate of drug-likeness (QED) is 0.694. The number of amides is 1. The number of hydrogen-bond donors (Lipinski definition) is 0. The number of rotatable bonds is 3. The van der Waals surface area contributed by atoms with Gasteiger partial charge in [0.1, 0.15) is 6.10 Å². The van der Waals surface area contributed by atoms with Gasteiger partial charge >= 0.3 is 6.09 Å². The Morgan fingerprint density at radius 2 is 2.36 bits per heavy atom. The molecule has 0 aromatic heterocycles. The maximum atomic E-state index is 11.5. The molecule has 0 saturated carbocycles. The Bertz CT molecular complexity index is 188. The molecule has 1 amide bonds. The van der Waals surface area contributed by atoms with Gasteiger partial charge in [0, 0.05) is 20.0 Å². The zero-order valence-corrected chi connectivity index (χ0v) is 9.16. The monoisotopic (exact) mass is 201 g/mol. The van der Waals surface area contributed by atoms with E-state index in [0.29, 0.717) is 19.1 Å². The van der Waals surface area contributed by atoms with Crippen LogP contribution in [0.1, 0.15) is 20.3 Å². The lowest BCUT2D eigenvalue weighted by atomic mass is 10.2. The lowest BCUT2D eigenvalue weighted by Crippen LogP contribution is -2.33. The van der Waals surface area contributed by atoms with Gasteiger partial charge in [0.25, 0.3) is 0 Å². The average molecular weight is 201 g/mol. The van der Waals surface area contributed by atoms with Crippen molar-refractivity contribution in [3.63, 3.8) is 0 Å². The lowest BCUT2D eigenvalue weighted by Gasteiger charge is -2.20. The SMILES string of the molecule is CC(C)CN(C)C(=O)OC1CCOC1. The van der Waals surface area contributed by atoms with Crippen molar-refractivity contribution in [1.29, 1.82) is 0 Å². The zero-order chi connectivity index (χ0) is 10.6. The highest BCUT2D eigenvalue weighted by Gasteiger charge is 2.21. The third-order valence-corrected chi connectivity index (χ3v) is 2.11. The summed E-state index contributed by atoms with van der Waals surface area (Å²) in [5.41, 5.74) is 0. The smallest absolute Gasteiger partial charge is 0.409 e. The van der Waals surface area contributed by atoms with Crippen molar-refractivity contribution < 1.29 is 14.3 Å². The number of ether oxygens (including phenoxy) is 2. The Balaban J connectivity index is 2.25. The highest BCUT2D eigenvalue weighted by molar-refractivity contribution is 5.67. The van der Waals surface area contributed by atoms with E-state index in [9.17, 15) is 4.79 Å². The topological polar surface area (TPSA) is 38.8 Å². The Kier molecular flexibility index (Phi) is 4.20. The molecule has 1 heterocycles. The molecule has 1 aliphatic heterocycles. The van der Waals surface area contributed by atoms with Crippen LogP contribution in [0.25, 0.3) is 0 Å². The van der Waals surface area contributed by atoms with Crippen LogP contribution in [0.3, 0.4) is 0 Å². The number of nitrogens with zero attached hydrogens (tertiary/aromatic N) is 1. The van der Waals surface area contributed by atoms with E-state index < -0.39 is 0 Å². The van der Waals surface area contributed by atoms with Crippen molar-refractivity contribution >= 4 is 6.09 Å². The van der Waals surface area contributed by atoms with Crippen molar-refractivity contribution in [2.75, 3.05) is 26.8 Å². The molecular formula is C10H19NO3. The predicted molar refractivity (Wildman–Crippen MR) is 53.2 cm³/mol. The second-order valence-corrected chi connectivity index (χ2v) is 4.14. The van der Waals surface area contributed by atoms with E-state index in [4.69, 9.17) is 9.47 Å². The third-order valence-electron chi connectivity index (χ3n) is 2.11. The summed E-state index contributed by atoms with van der Waals surface area (Å²) in [5, 5.41) is 0. The van der Waals surface area contributed by atoms with E-state index in [-0.39, 0.29) is 12.2 Å². The van der Waals surface area contributed by atoms with Crippen LogP contribution in [0, 0.1) is 5.92 Å². The van der Waals surface area contributed by atoms with E-state index >= 15 is 0 Å². The number of carbonyl (C=O) groups is 1. The number of carbonyl (C=O) groups excluding carboxylic acids is 1. The van der Waals surface area contributed by atoms with Gasteiger partial charge in [-0.1, -0.05) is 13.8 Å². The van der Waals surface area contributed by atoms with E-state index in [1.165, 1.54) is 0 Å². The van der Waals surface area contributed by atoms with Gasteiger partial charge in [-0.3, -0.25) is 0 Å². The van der Waals surface area contributed by atoms with Crippen LogP contribution in [-0.2, 0) is 9.47 Å². The minimum Gasteiger partial charge on any atom is -0.444 e. The van der Waals surface area contributed by atoms with E-state index in [1.807, 2.05) is 0 Å². The molecule has 4 heteroatoms. The summed E-state index contributed by atoms with van der Waals surface area (Å²) in [6.45, 7) is 6.12. The first-order chi connectivity index (χ1) is 6.59. The van der Waals surface area contributed by atoms with Gasteiger partial charge in [0.2, 0.25) is 0 Å². The van der Waals surface area contributed by atoms with Gasteiger partial charge in [-0.2, -0.15) is 0 Å². The van der Waals surface area contributed by atoms with Gasteiger partial charge in [-0.15, -0.1) is 0 Å². The molecular weight excluding hydrogens is 182 g/mol. The molecule has 1 unspecified atom stereocenters. The standard InChI is InChI=1S/C10H19NO3/c1-8(2)6-11(3)10(12)14-9-4-5-13-7-9/h8-9H,4-7H2,1-3H3. The van der Waals surface area contributed by atoms with Gasteiger partial charge in [-0.25, -0.2) is 4.79 Å². The summed E-state index contributed by atoms with van der Waals surface area (Å²) in [6, 6.07) is 0. The molecule has 0 aromatic rings. The molecule has 0 aliphatic carbocycles. The van der Waals surface area contributed by atoms with Gasteiger partial charge in [-0.05, 0) is 5.92 Å². The van der Waals surface area contributed by atoms with Crippen molar-refractivity contribution in [2.45, 2.75) is 26.4 Å². The average Bonchev–Trinajstić information content (AvgIpc) is 2.55. The molecule has 82 valence electrons. The Morgan fingerprint density at radius 1 is 1.64 bits per heavy atom. The maximum Gasteiger partial charge on any atom is 0.409 e. The zero-order valence-electron chi connectivity index (χ0n) is 9.16. The first kappa shape index (κ1) is 11.3. The molecule has 0 spiro atoms. The molecule has 4 nitrogen and oxygen atoms in total. The molecule has 1 rings (SSSR count). The summed E-state index contributed by atoms with van der Waals surface area (Å²) in [7, 11) is 1.76. The molecule has 1 aliphatic rings. The molecule has 0 N–H and O–H groups in total. The molecule has 0 aromatic carbocycles. The van der Waals surface area contributed by atoms with Crippen LogP contribution in [0.2, 0.25) is 0 Å². The summed E-state index contributed by atoms with van der Waals surface area (Å²) in [5.74, 6) is 0.465. The fourth-order valence-electron chi connectivity index (χ4n) is 1.46. The Labute approximate surface area is 85.2 Å². The molecule has 14 heavy (non-hydrogen) atoms. The summed E-state index contributed by atoms with van der Waals surface area (Å²) in [6.07, 6.45) is 0.535. The predicted octanol–water partition coefficient (Wildman–Crippen LogP) is 1.50. The van der Waals surface area contributed by atoms with Crippen molar-refractivity contribution in [1.82, 2.24) is 4.90 Å². The Morgan fingerprint density at radius 3 is 2.86 bits per heavy atom. The van der Waals surface area contributed by atoms with E-state index in [2.05, 4.69) is 13.8 Å².